The van der Waals surface area contributed by atoms with E-state index in [4.69, 9.17) is 10.2 Å². The lowest BCUT2D eigenvalue weighted by Gasteiger charge is -1.94. The predicted octanol–water partition coefficient (Wildman–Crippen LogP) is 1.91. The van der Waals surface area contributed by atoms with E-state index in [-0.39, 0.29) is 11.5 Å². The Bertz CT molecular complexity index is 91.1. The number of rotatable bonds is 3. The maximum atomic E-state index is 8.45. The number of hydrogen-bond donors (Lipinski definition) is 2. The van der Waals surface area contributed by atoms with Crippen LogP contribution >= 0.6 is 0 Å². The molecule has 0 heterocycles. The molecule has 0 atom stereocenters. The van der Waals surface area contributed by atoms with Crippen LogP contribution in [0.25, 0.3) is 0 Å². The summed E-state index contributed by atoms with van der Waals surface area (Å²) >= 11 is 0. The van der Waals surface area contributed by atoms with Gasteiger partial charge in [-0.15, -0.1) is 0 Å². The van der Waals surface area contributed by atoms with E-state index < -0.39 is 0 Å². The van der Waals surface area contributed by atoms with Crippen LogP contribution in [0.1, 0.15) is 12.8 Å². The van der Waals surface area contributed by atoms with Crippen LogP contribution in [0.4, 0.5) is 0 Å². The summed E-state index contributed by atoms with van der Waals surface area (Å²) in [6.07, 6.45) is 0.796. The quantitative estimate of drug-likeness (QED) is 0.550. The molecule has 0 amide bonds. The smallest absolute Gasteiger partial charge is 0.0855 e. The Balaban J connectivity index is 3.18. The van der Waals surface area contributed by atoms with Crippen LogP contribution in [0.3, 0.4) is 0 Å². The van der Waals surface area contributed by atoms with Gasteiger partial charge in [0.25, 0.3) is 0 Å². The van der Waals surface area contributed by atoms with Crippen molar-refractivity contribution in [3.05, 3.63) is 24.7 Å². The first-order chi connectivity index (χ1) is 3.63. The SMILES string of the molecule is C=C(O)CCC(=C)O. The number of aliphatic hydroxyl groups excluding tert-OH is 2. The standard InChI is InChI=1S/C6H10O2/c1-5(7)3-4-6(2)8/h7-8H,1-4H2. The average Bonchev–Trinajstić information content (AvgIpc) is 1.61. The van der Waals surface area contributed by atoms with Crippen molar-refractivity contribution >= 4 is 0 Å². The van der Waals surface area contributed by atoms with Crippen molar-refractivity contribution in [2.45, 2.75) is 12.8 Å². The monoisotopic (exact) mass is 114 g/mol. The first-order valence-electron chi connectivity index (χ1n) is 2.36. The third kappa shape index (κ3) is 5.08. The maximum absolute atomic E-state index is 8.45. The second kappa shape index (κ2) is 3.13. The fraction of sp³-hybridized carbons (Fsp3) is 0.333. The molecular weight excluding hydrogens is 104 g/mol. The molecule has 0 bridgehead atoms. The molecule has 0 saturated heterocycles. The highest BCUT2D eigenvalue weighted by Gasteiger charge is 1.90. The van der Waals surface area contributed by atoms with Gasteiger partial charge >= 0.3 is 0 Å². The van der Waals surface area contributed by atoms with Gasteiger partial charge in [-0.3, -0.25) is 0 Å². The highest BCUT2D eigenvalue weighted by molar-refractivity contribution is 4.87. The van der Waals surface area contributed by atoms with E-state index >= 15 is 0 Å². The molecule has 0 aliphatic rings. The van der Waals surface area contributed by atoms with Gasteiger partial charge in [-0.25, -0.2) is 0 Å². The Kier molecular flexibility index (Phi) is 2.77. The minimum absolute atomic E-state index is 0.0835. The third-order valence-corrected chi connectivity index (χ3v) is 0.702. The zero-order valence-electron chi connectivity index (χ0n) is 4.72. The third-order valence-electron chi connectivity index (χ3n) is 0.702. The first kappa shape index (κ1) is 7.08. The van der Waals surface area contributed by atoms with Crippen LogP contribution in [-0.2, 0) is 0 Å². The van der Waals surface area contributed by atoms with Gasteiger partial charge in [0.2, 0.25) is 0 Å². The van der Waals surface area contributed by atoms with Crippen molar-refractivity contribution in [1.82, 2.24) is 0 Å². The van der Waals surface area contributed by atoms with Crippen LogP contribution < -0.4 is 0 Å². The molecule has 0 aliphatic heterocycles. The molecule has 0 fully saturated rings. The van der Waals surface area contributed by atoms with Crippen molar-refractivity contribution in [1.29, 1.82) is 0 Å². The molecule has 0 aromatic heterocycles. The molecule has 0 aromatic carbocycles. The van der Waals surface area contributed by atoms with E-state index in [9.17, 15) is 0 Å². The Labute approximate surface area is 48.8 Å². The van der Waals surface area contributed by atoms with Crippen LogP contribution in [0, 0.1) is 0 Å². The predicted molar refractivity (Wildman–Crippen MR) is 32.8 cm³/mol. The first-order valence-corrected chi connectivity index (χ1v) is 2.36. The Hall–Kier alpha value is -0.920. The Morgan fingerprint density at radius 2 is 1.25 bits per heavy atom. The fourth-order valence-corrected chi connectivity index (χ4v) is 0.289. The molecule has 2 N–H and O–H groups in total. The summed E-state index contributed by atoms with van der Waals surface area (Å²) in [6, 6.07) is 0. The van der Waals surface area contributed by atoms with Crippen LogP contribution in [0.2, 0.25) is 0 Å². The normalized spacial score (nSPS) is 8.50. The minimum atomic E-state index is 0.0835. The van der Waals surface area contributed by atoms with E-state index in [2.05, 4.69) is 13.2 Å². The highest BCUT2D eigenvalue weighted by atomic mass is 16.3. The van der Waals surface area contributed by atoms with Gasteiger partial charge in [-0.2, -0.15) is 0 Å². The van der Waals surface area contributed by atoms with Gasteiger partial charge in [-0.1, -0.05) is 13.2 Å². The summed E-state index contributed by atoms with van der Waals surface area (Å²) in [4.78, 5) is 0. The highest BCUT2D eigenvalue weighted by Crippen LogP contribution is 2.02. The molecule has 2 nitrogen and oxygen atoms in total. The van der Waals surface area contributed by atoms with Gasteiger partial charge < -0.3 is 10.2 Å². The van der Waals surface area contributed by atoms with Crippen LogP contribution in [0.15, 0.2) is 24.7 Å². The van der Waals surface area contributed by atoms with Gasteiger partial charge in [-0.05, 0) is 0 Å². The van der Waals surface area contributed by atoms with Crippen molar-refractivity contribution in [3.63, 3.8) is 0 Å². The molecule has 0 rings (SSSR count). The molecule has 0 radical (unpaired) electrons. The molecular formula is C6H10O2. The van der Waals surface area contributed by atoms with Gasteiger partial charge in [0.15, 0.2) is 0 Å². The maximum Gasteiger partial charge on any atom is 0.0855 e. The summed E-state index contributed by atoms with van der Waals surface area (Å²) in [6.45, 7) is 6.46. The summed E-state index contributed by atoms with van der Waals surface area (Å²) in [5, 5.41) is 16.9. The zero-order valence-corrected chi connectivity index (χ0v) is 4.72. The zero-order chi connectivity index (χ0) is 6.57. The second-order valence-electron chi connectivity index (χ2n) is 1.63. The average molecular weight is 114 g/mol. The van der Waals surface area contributed by atoms with E-state index in [1.165, 1.54) is 0 Å². The molecule has 0 unspecified atom stereocenters. The van der Waals surface area contributed by atoms with Gasteiger partial charge in [0.05, 0.1) is 11.5 Å². The lowest BCUT2D eigenvalue weighted by atomic mass is 10.2. The lowest BCUT2D eigenvalue weighted by molar-refractivity contribution is 0.354. The van der Waals surface area contributed by atoms with Crippen molar-refractivity contribution in [3.8, 4) is 0 Å². The van der Waals surface area contributed by atoms with E-state index in [1.807, 2.05) is 0 Å². The van der Waals surface area contributed by atoms with E-state index in [0.717, 1.165) is 0 Å². The van der Waals surface area contributed by atoms with Gasteiger partial charge in [0.1, 0.15) is 0 Å². The van der Waals surface area contributed by atoms with E-state index in [1.54, 1.807) is 0 Å². The Morgan fingerprint density at radius 1 is 1.00 bits per heavy atom. The number of hydrogen-bond acceptors (Lipinski definition) is 2. The van der Waals surface area contributed by atoms with Crippen LogP contribution in [0.5, 0.6) is 0 Å². The largest absolute Gasteiger partial charge is 0.513 e. The topological polar surface area (TPSA) is 40.5 Å². The summed E-state index contributed by atoms with van der Waals surface area (Å²) in [7, 11) is 0. The summed E-state index contributed by atoms with van der Waals surface area (Å²) in [5.41, 5.74) is 0. The van der Waals surface area contributed by atoms with Crippen molar-refractivity contribution < 1.29 is 10.2 Å². The molecule has 46 valence electrons. The molecule has 0 aliphatic carbocycles. The molecule has 2 heteroatoms. The number of aliphatic hydroxyl groups is 2. The van der Waals surface area contributed by atoms with Crippen molar-refractivity contribution in [2.75, 3.05) is 0 Å². The van der Waals surface area contributed by atoms with E-state index in [0.29, 0.717) is 12.8 Å². The molecule has 0 aromatic rings. The summed E-state index contributed by atoms with van der Waals surface area (Å²) in [5.74, 6) is 0.167. The summed E-state index contributed by atoms with van der Waals surface area (Å²) < 4.78 is 0. The molecule has 0 saturated carbocycles. The Morgan fingerprint density at radius 3 is 1.38 bits per heavy atom. The minimum Gasteiger partial charge on any atom is -0.513 e. The molecule has 8 heavy (non-hydrogen) atoms. The lowest BCUT2D eigenvalue weighted by Crippen LogP contribution is -1.81. The van der Waals surface area contributed by atoms with Crippen LogP contribution in [-0.4, -0.2) is 10.2 Å². The fourth-order valence-electron chi connectivity index (χ4n) is 0.289. The number of allylic oxidation sites excluding steroid dienone is 2. The van der Waals surface area contributed by atoms with Gasteiger partial charge in [0, 0.05) is 12.8 Å². The molecule has 0 spiro atoms. The van der Waals surface area contributed by atoms with Crippen molar-refractivity contribution in [2.24, 2.45) is 0 Å². The second-order valence-corrected chi connectivity index (χ2v) is 1.63.